The summed E-state index contributed by atoms with van der Waals surface area (Å²) in [6, 6.07) is 6.60. The standard InChI is InChI=1S/C11H18N4O2S/c1-3-15-18(16,17)10-6-4-9(5-7-10)8-14-11(12)13-2/h4-7,15H,3,8H2,1-2H3,(H3,12,13,14). The molecule has 0 bridgehead atoms. The number of rotatable bonds is 5. The van der Waals surface area contributed by atoms with Gasteiger partial charge in [0.1, 0.15) is 0 Å². The van der Waals surface area contributed by atoms with E-state index in [1.807, 2.05) is 0 Å². The van der Waals surface area contributed by atoms with Crippen molar-refractivity contribution in [3.05, 3.63) is 29.8 Å². The molecule has 1 rings (SSSR count). The Bertz CT molecular complexity index is 508. The van der Waals surface area contributed by atoms with Gasteiger partial charge in [-0.3, -0.25) is 4.99 Å². The zero-order valence-corrected chi connectivity index (χ0v) is 11.3. The Labute approximate surface area is 107 Å². The van der Waals surface area contributed by atoms with Gasteiger partial charge in [0.25, 0.3) is 0 Å². The molecule has 0 saturated carbocycles. The van der Waals surface area contributed by atoms with E-state index in [-0.39, 0.29) is 4.90 Å². The molecule has 0 heterocycles. The zero-order valence-electron chi connectivity index (χ0n) is 10.5. The van der Waals surface area contributed by atoms with Crippen molar-refractivity contribution in [2.45, 2.75) is 18.4 Å². The Hall–Kier alpha value is -1.60. The molecule has 0 radical (unpaired) electrons. The van der Waals surface area contributed by atoms with Crippen molar-refractivity contribution in [1.82, 2.24) is 10.0 Å². The molecule has 4 N–H and O–H groups in total. The summed E-state index contributed by atoms with van der Waals surface area (Å²) < 4.78 is 25.8. The van der Waals surface area contributed by atoms with Gasteiger partial charge in [-0.1, -0.05) is 19.1 Å². The quantitative estimate of drug-likeness (QED) is 0.519. The van der Waals surface area contributed by atoms with Gasteiger partial charge in [0.2, 0.25) is 10.0 Å². The molecule has 0 aliphatic carbocycles. The van der Waals surface area contributed by atoms with E-state index in [9.17, 15) is 8.42 Å². The molecule has 0 amide bonds. The normalized spacial score (nSPS) is 12.4. The van der Waals surface area contributed by atoms with Crippen molar-refractivity contribution in [1.29, 1.82) is 0 Å². The number of nitrogens with one attached hydrogen (secondary N) is 2. The minimum atomic E-state index is -3.38. The summed E-state index contributed by atoms with van der Waals surface area (Å²) in [6.07, 6.45) is 0. The van der Waals surface area contributed by atoms with Crippen LogP contribution in [0.3, 0.4) is 0 Å². The number of benzene rings is 1. The van der Waals surface area contributed by atoms with Crippen molar-refractivity contribution in [3.63, 3.8) is 0 Å². The van der Waals surface area contributed by atoms with E-state index in [0.29, 0.717) is 19.0 Å². The Morgan fingerprint density at radius 2 is 1.94 bits per heavy atom. The Balaban J connectivity index is 2.74. The maximum absolute atomic E-state index is 11.7. The molecule has 100 valence electrons. The predicted octanol–water partition coefficient (Wildman–Crippen LogP) is 0.0189. The average Bonchev–Trinajstić information content (AvgIpc) is 2.36. The van der Waals surface area contributed by atoms with Crippen molar-refractivity contribution >= 4 is 16.0 Å². The van der Waals surface area contributed by atoms with Crippen LogP contribution in [0, 0.1) is 0 Å². The van der Waals surface area contributed by atoms with Crippen LogP contribution in [-0.2, 0) is 16.6 Å². The monoisotopic (exact) mass is 270 g/mol. The summed E-state index contributed by atoms with van der Waals surface area (Å²) in [5.41, 5.74) is 6.42. The van der Waals surface area contributed by atoms with Crippen LogP contribution >= 0.6 is 0 Å². The number of guanidine groups is 1. The average molecular weight is 270 g/mol. The van der Waals surface area contributed by atoms with E-state index >= 15 is 0 Å². The van der Waals surface area contributed by atoms with Gasteiger partial charge in [-0.25, -0.2) is 13.1 Å². The molecule has 0 saturated heterocycles. The number of nitrogens with zero attached hydrogens (tertiary/aromatic N) is 1. The summed E-state index contributed by atoms with van der Waals surface area (Å²) in [7, 11) is -1.79. The molecular weight excluding hydrogens is 252 g/mol. The first-order valence-corrected chi connectivity index (χ1v) is 7.02. The highest BCUT2D eigenvalue weighted by atomic mass is 32.2. The number of aliphatic imine (C=N–C) groups is 1. The second-order valence-corrected chi connectivity index (χ2v) is 5.37. The predicted molar refractivity (Wildman–Crippen MR) is 71.7 cm³/mol. The van der Waals surface area contributed by atoms with Crippen LogP contribution in [0.5, 0.6) is 0 Å². The lowest BCUT2D eigenvalue weighted by molar-refractivity contribution is 0.584. The summed E-state index contributed by atoms with van der Waals surface area (Å²) >= 11 is 0. The summed E-state index contributed by atoms with van der Waals surface area (Å²) in [5.74, 6) is 0.347. The van der Waals surface area contributed by atoms with Crippen LogP contribution in [-0.4, -0.2) is 28.0 Å². The fourth-order valence-corrected chi connectivity index (χ4v) is 2.37. The van der Waals surface area contributed by atoms with E-state index in [4.69, 9.17) is 5.73 Å². The third kappa shape index (κ3) is 4.01. The first-order valence-electron chi connectivity index (χ1n) is 5.54. The zero-order chi connectivity index (χ0) is 13.6. The third-order valence-corrected chi connectivity index (χ3v) is 3.84. The second kappa shape index (κ2) is 6.36. The molecule has 0 unspecified atom stereocenters. The highest BCUT2D eigenvalue weighted by Gasteiger charge is 2.11. The van der Waals surface area contributed by atoms with Crippen LogP contribution in [0.2, 0.25) is 0 Å². The number of hydrogen-bond acceptors (Lipinski definition) is 3. The van der Waals surface area contributed by atoms with Gasteiger partial charge in [0.15, 0.2) is 5.96 Å². The largest absolute Gasteiger partial charge is 0.370 e. The lowest BCUT2D eigenvalue weighted by atomic mass is 10.2. The molecule has 7 heteroatoms. The lowest BCUT2D eigenvalue weighted by Crippen LogP contribution is -2.30. The van der Waals surface area contributed by atoms with Crippen LogP contribution in [0.1, 0.15) is 12.5 Å². The van der Waals surface area contributed by atoms with E-state index < -0.39 is 10.0 Å². The molecule has 0 fully saturated rings. The van der Waals surface area contributed by atoms with Crippen LogP contribution < -0.4 is 15.8 Å². The molecule has 0 aromatic heterocycles. The molecule has 6 nitrogen and oxygen atoms in total. The van der Waals surface area contributed by atoms with Crippen LogP contribution in [0.15, 0.2) is 34.2 Å². The molecule has 1 aromatic carbocycles. The van der Waals surface area contributed by atoms with E-state index in [1.165, 1.54) is 0 Å². The molecular formula is C11H18N4O2S. The summed E-state index contributed by atoms with van der Waals surface area (Å²) in [4.78, 5) is 4.02. The van der Waals surface area contributed by atoms with Gasteiger partial charge < -0.3 is 11.1 Å². The third-order valence-electron chi connectivity index (χ3n) is 2.28. The van der Waals surface area contributed by atoms with Gasteiger partial charge in [0, 0.05) is 20.1 Å². The maximum atomic E-state index is 11.7. The molecule has 0 aliphatic heterocycles. The van der Waals surface area contributed by atoms with Gasteiger partial charge >= 0.3 is 0 Å². The summed E-state index contributed by atoms with van der Waals surface area (Å²) in [5, 5.41) is 2.89. The molecule has 1 aromatic rings. The van der Waals surface area contributed by atoms with Gasteiger partial charge in [-0.15, -0.1) is 0 Å². The fraction of sp³-hybridized carbons (Fsp3) is 0.364. The van der Waals surface area contributed by atoms with Crippen LogP contribution in [0.4, 0.5) is 0 Å². The summed E-state index contributed by atoms with van der Waals surface area (Å²) in [6.45, 7) is 2.61. The topological polar surface area (TPSA) is 96.6 Å². The van der Waals surface area contributed by atoms with E-state index in [2.05, 4.69) is 15.0 Å². The maximum Gasteiger partial charge on any atom is 0.240 e. The van der Waals surface area contributed by atoms with E-state index in [0.717, 1.165) is 5.56 Å². The van der Waals surface area contributed by atoms with Crippen molar-refractivity contribution in [2.75, 3.05) is 13.6 Å². The highest BCUT2D eigenvalue weighted by molar-refractivity contribution is 7.89. The minimum absolute atomic E-state index is 0.255. The lowest BCUT2D eigenvalue weighted by Gasteiger charge is -2.07. The number of sulfonamides is 1. The first kappa shape index (κ1) is 14.5. The number of hydrogen-bond donors (Lipinski definition) is 3. The van der Waals surface area contributed by atoms with Crippen LogP contribution in [0.25, 0.3) is 0 Å². The van der Waals surface area contributed by atoms with E-state index in [1.54, 1.807) is 38.2 Å². The highest BCUT2D eigenvalue weighted by Crippen LogP contribution is 2.10. The minimum Gasteiger partial charge on any atom is -0.370 e. The molecule has 0 spiro atoms. The second-order valence-electron chi connectivity index (χ2n) is 3.61. The van der Waals surface area contributed by atoms with Crippen molar-refractivity contribution in [2.24, 2.45) is 10.7 Å². The molecule has 18 heavy (non-hydrogen) atoms. The van der Waals surface area contributed by atoms with Gasteiger partial charge in [-0.05, 0) is 17.7 Å². The smallest absolute Gasteiger partial charge is 0.240 e. The van der Waals surface area contributed by atoms with Crippen molar-refractivity contribution in [3.8, 4) is 0 Å². The fourth-order valence-electron chi connectivity index (χ4n) is 1.33. The Morgan fingerprint density at radius 1 is 1.33 bits per heavy atom. The van der Waals surface area contributed by atoms with Gasteiger partial charge in [0.05, 0.1) is 4.90 Å². The van der Waals surface area contributed by atoms with Gasteiger partial charge in [-0.2, -0.15) is 0 Å². The molecule has 0 aliphatic rings. The SMILES string of the molecule is CCNS(=O)(=O)c1ccc(CNC(N)=NC)cc1. The molecule has 0 atom stereocenters. The Kier molecular flexibility index (Phi) is 5.11. The first-order chi connectivity index (χ1) is 8.49. The Morgan fingerprint density at radius 3 is 2.44 bits per heavy atom. The van der Waals surface area contributed by atoms with Crippen molar-refractivity contribution < 1.29 is 8.42 Å². The number of nitrogens with two attached hydrogens (primary N) is 1.